The highest BCUT2D eigenvalue weighted by Gasteiger charge is 2.23. The standard InChI is InChI=1S/C11H17ClN2/c1-8-6-13-10(14-7-8)5-9(12)11(2,3)4/h6-7,9H,5H2,1-4H3. The van der Waals surface area contributed by atoms with E-state index in [0.717, 1.165) is 17.8 Å². The van der Waals surface area contributed by atoms with E-state index in [4.69, 9.17) is 11.6 Å². The van der Waals surface area contributed by atoms with Crippen LogP contribution in [0.2, 0.25) is 0 Å². The molecule has 0 saturated carbocycles. The van der Waals surface area contributed by atoms with E-state index < -0.39 is 0 Å². The zero-order valence-electron chi connectivity index (χ0n) is 9.21. The van der Waals surface area contributed by atoms with Crippen LogP contribution in [-0.4, -0.2) is 15.3 Å². The largest absolute Gasteiger partial charge is 0.241 e. The first-order valence-electron chi connectivity index (χ1n) is 4.81. The van der Waals surface area contributed by atoms with Gasteiger partial charge < -0.3 is 0 Å². The SMILES string of the molecule is Cc1cnc(CC(Cl)C(C)(C)C)nc1. The van der Waals surface area contributed by atoms with E-state index in [9.17, 15) is 0 Å². The molecule has 0 fully saturated rings. The molecule has 1 aromatic rings. The summed E-state index contributed by atoms with van der Waals surface area (Å²) in [6.07, 6.45) is 4.38. The van der Waals surface area contributed by atoms with Gasteiger partial charge in [-0.05, 0) is 17.9 Å². The van der Waals surface area contributed by atoms with Gasteiger partial charge >= 0.3 is 0 Å². The van der Waals surface area contributed by atoms with Gasteiger partial charge in [0.05, 0.1) is 0 Å². The average Bonchev–Trinajstić information content (AvgIpc) is 2.07. The van der Waals surface area contributed by atoms with Crippen LogP contribution in [0.3, 0.4) is 0 Å². The smallest absolute Gasteiger partial charge is 0.129 e. The predicted octanol–water partition coefficient (Wildman–Crippen LogP) is 2.98. The third kappa shape index (κ3) is 3.26. The van der Waals surface area contributed by atoms with Crippen molar-refractivity contribution in [3.63, 3.8) is 0 Å². The molecule has 0 aromatic carbocycles. The maximum absolute atomic E-state index is 6.25. The lowest BCUT2D eigenvalue weighted by Crippen LogP contribution is -2.23. The second-order valence-electron chi connectivity index (χ2n) is 4.71. The van der Waals surface area contributed by atoms with Gasteiger partial charge in [0.2, 0.25) is 0 Å². The molecule has 0 aliphatic rings. The van der Waals surface area contributed by atoms with Crippen LogP contribution in [0.1, 0.15) is 32.2 Å². The minimum absolute atomic E-state index is 0.0743. The van der Waals surface area contributed by atoms with E-state index in [1.807, 2.05) is 19.3 Å². The molecule has 0 N–H and O–H groups in total. The number of nitrogens with zero attached hydrogens (tertiary/aromatic N) is 2. The van der Waals surface area contributed by atoms with Gasteiger partial charge in [-0.2, -0.15) is 0 Å². The van der Waals surface area contributed by atoms with Crippen LogP contribution in [0, 0.1) is 12.3 Å². The van der Waals surface area contributed by atoms with Gasteiger partial charge in [0.15, 0.2) is 0 Å². The van der Waals surface area contributed by atoms with Crippen molar-refractivity contribution in [3.05, 3.63) is 23.8 Å². The Labute approximate surface area is 90.7 Å². The Morgan fingerprint density at radius 1 is 1.29 bits per heavy atom. The molecule has 1 atom stereocenters. The molecule has 78 valence electrons. The van der Waals surface area contributed by atoms with Crippen molar-refractivity contribution in [1.82, 2.24) is 9.97 Å². The van der Waals surface area contributed by atoms with Gasteiger partial charge in [-0.1, -0.05) is 20.8 Å². The summed E-state index contributed by atoms with van der Waals surface area (Å²) in [7, 11) is 0. The molecule has 14 heavy (non-hydrogen) atoms. The van der Waals surface area contributed by atoms with Crippen molar-refractivity contribution in [2.75, 3.05) is 0 Å². The third-order valence-corrected chi connectivity index (χ3v) is 2.94. The zero-order valence-corrected chi connectivity index (χ0v) is 9.97. The molecule has 0 spiro atoms. The summed E-state index contributed by atoms with van der Waals surface area (Å²) in [5, 5.41) is 0.0743. The van der Waals surface area contributed by atoms with Crippen molar-refractivity contribution in [1.29, 1.82) is 0 Å². The maximum Gasteiger partial charge on any atom is 0.129 e. The Morgan fingerprint density at radius 3 is 2.21 bits per heavy atom. The zero-order chi connectivity index (χ0) is 10.8. The molecule has 0 saturated heterocycles. The minimum atomic E-state index is 0.0743. The topological polar surface area (TPSA) is 25.8 Å². The highest BCUT2D eigenvalue weighted by Crippen LogP contribution is 2.26. The molecule has 1 heterocycles. The van der Waals surface area contributed by atoms with Crippen LogP contribution in [0.5, 0.6) is 0 Å². The van der Waals surface area contributed by atoms with Crippen molar-refractivity contribution in [2.45, 2.75) is 39.5 Å². The predicted molar refractivity (Wildman–Crippen MR) is 59.6 cm³/mol. The number of halogens is 1. The summed E-state index contributed by atoms with van der Waals surface area (Å²) in [6.45, 7) is 8.35. The second-order valence-corrected chi connectivity index (χ2v) is 5.24. The molecular weight excluding hydrogens is 196 g/mol. The van der Waals surface area contributed by atoms with Crippen LogP contribution >= 0.6 is 11.6 Å². The van der Waals surface area contributed by atoms with Crippen LogP contribution < -0.4 is 0 Å². The van der Waals surface area contributed by atoms with Gasteiger partial charge in [0, 0.05) is 24.2 Å². The summed E-state index contributed by atoms with van der Waals surface area (Å²) >= 11 is 6.25. The van der Waals surface area contributed by atoms with E-state index >= 15 is 0 Å². The number of hydrogen-bond acceptors (Lipinski definition) is 2. The van der Waals surface area contributed by atoms with E-state index in [1.165, 1.54) is 0 Å². The van der Waals surface area contributed by atoms with Crippen molar-refractivity contribution in [3.8, 4) is 0 Å². The number of alkyl halides is 1. The molecule has 0 amide bonds. The monoisotopic (exact) mass is 212 g/mol. The fraction of sp³-hybridized carbons (Fsp3) is 0.636. The lowest BCUT2D eigenvalue weighted by atomic mass is 9.90. The normalized spacial score (nSPS) is 14.1. The summed E-state index contributed by atoms with van der Waals surface area (Å²) in [5.74, 6) is 0.825. The molecular formula is C11H17ClN2. The Morgan fingerprint density at radius 2 is 1.79 bits per heavy atom. The van der Waals surface area contributed by atoms with E-state index in [1.54, 1.807) is 0 Å². The van der Waals surface area contributed by atoms with Crippen LogP contribution in [-0.2, 0) is 6.42 Å². The van der Waals surface area contributed by atoms with Gasteiger partial charge in [0.1, 0.15) is 5.82 Å². The quantitative estimate of drug-likeness (QED) is 0.705. The summed E-state index contributed by atoms with van der Waals surface area (Å²) in [5.41, 5.74) is 1.17. The molecule has 1 aromatic heterocycles. The van der Waals surface area contributed by atoms with Crippen molar-refractivity contribution >= 4 is 11.6 Å². The van der Waals surface area contributed by atoms with Crippen molar-refractivity contribution < 1.29 is 0 Å². The third-order valence-electron chi connectivity index (χ3n) is 2.14. The Bertz CT molecular complexity index is 287. The summed E-state index contributed by atoms with van der Waals surface area (Å²) in [6, 6.07) is 0. The van der Waals surface area contributed by atoms with E-state index in [0.29, 0.717) is 0 Å². The molecule has 0 aliphatic carbocycles. The van der Waals surface area contributed by atoms with Crippen LogP contribution in [0.25, 0.3) is 0 Å². The first-order chi connectivity index (χ1) is 6.39. The van der Waals surface area contributed by atoms with Gasteiger partial charge in [-0.25, -0.2) is 9.97 Å². The Kier molecular flexibility index (Phi) is 3.48. The molecule has 0 aliphatic heterocycles. The highest BCUT2D eigenvalue weighted by atomic mass is 35.5. The lowest BCUT2D eigenvalue weighted by Gasteiger charge is -2.24. The molecule has 1 unspecified atom stereocenters. The van der Waals surface area contributed by atoms with Crippen molar-refractivity contribution in [2.24, 2.45) is 5.41 Å². The molecule has 0 bridgehead atoms. The fourth-order valence-corrected chi connectivity index (χ4v) is 1.13. The molecule has 0 radical (unpaired) electrons. The maximum atomic E-state index is 6.25. The number of hydrogen-bond donors (Lipinski definition) is 0. The fourth-order valence-electron chi connectivity index (χ4n) is 0.991. The van der Waals surface area contributed by atoms with Crippen LogP contribution in [0.15, 0.2) is 12.4 Å². The average molecular weight is 213 g/mol. The van der Waals surface area contributed by atoms with Gasteiger partial charge in [-0.15, -0.1) is 11.6 Å². The number of aromatic nitrogens is 2. The molecule has 1 rings (SSSR count). The van der Waals surface area contributed by atoms with E-state index in [-0.39, 0.29) is 10.8 Å². The summed E-state index contributed by atoms with van der Waals surface area (Å²) < 4.78 is 0. The Balaban J connectivity index is 2.65. The molecule has 3 heteroatoms. The molecule has 2 nitrogen and oxygen atoms in total. The highest BCUT2D eigenvalue weighted by molar-refractivity contribution is 6.21. The van der Waals surface area contributed by atoms with Gasteiger partial charge in [0.25, 0.3) is 0 Å². The summed E-state index contributed by atoms with van der Waals surface area (Å²) in [4.78, 5) is 8.47. The first-order valence-corrected chi connectivity index (χ1v) is 5.25. The number of rotatable bonds is 2. The first kappa shape index (κ1) is 11.4. The number of aryl methyl sites for hydroxylation is 1. The van der Waals surface area contributed by atoms with E-state index in [2.05, 4.69) is 30.7 Å². The second kappa shape index (κ2) is 4.26. The minimum Gasteiger partial charge on any atom is -0.241 e. The van der Waals surface area contributed by atoms with Crippen LogP contribution in [0.4, 0.5) is 0 Å². The lowest BCUT2D eigenvalue weighted by molar-refractivity contribution is 0.382. The van der Waals surface area contributed by atoms with Gasteiger partial charge in [-0.3, -0.25) is 0 Å². The Hall–Kier alpha value is -0.630.